The molecule has 1 saturated carbocycles. The molecule has 2 aromatic rings. The van der Waals surface area contributed by atoms with Crippen LogP contribution in [0.1, 0.15) is 32.6 Å². The topological polar surface area (TPSA) is 54.0 Å². The molecule has 1 aromatic carbocycles. The van der Waals surface area contributed by atoms with Crippen molar-refractivity contribution in [2.75, 3.05) is 11.1 Å². The normalized spacial score (nSPS) is 21.7. The Bertz CT molecular complexity index is 641. The average Bonchev–Trinajstić information content (AvgIpc) is 2.95. The fourth-order valence-electron chi connectivity index (χ4n) is 2.97. The molecule has 3 rings (SSSR count). The van der Waals surface area contributed by atoms with Gasteiger partial charge in [0, 0.05) is 28.6 Å². The van der Waals surface area contributed by atoms with E-state index >= 15 is 0 Å². The van der Waals surface area contributed by atoms with Crippen molar-refractivity contribution in [3.63, 3.8) is 0 Å². The average molecular weight is 335 g/mol. The van der Waals surface area contributed by atoms with Gasteiger partial charge in [0.1, 0.15) is 0 Å². The van der Waals surface area contributed by atoms with Crippen LogP contribution in [0.5, 0.6) is 0 Å². The van der Waals surface area contributed by atoms with Gasteiger partial charge in [-0.3, -0.25) is 0 Å². The van der Waals surface area contributed by atoms with Gasteiger partial charge in [0.15, 0.2) is 0 Å². The molecule has 4 nitrogen and oxygen atoms in total. The van der Waals surface area contributed by atoms with Crippen LogP contribution in [0, 0.1) is 0 Å². The summed E-state index contributed by atoms with van der Waals surface area (Å²) in [4.78, 5) is 12.2. The maximum Gasteiger partial charge on any atom is 0.319 e. The monoisotopic (exact) mass is 335 g/mol. The molecule has 2 N–H and O–H groups in total. The molecular formula is C16H21N3OS2. The van der Waals surface area contributed by atoms with Crippen LogP contribution in [-0.4, -0.2) is 27.4 Å². The highest BCUT2D eigenvalue weighted by molar-refractivity contribution is 7.99. The summed E-state index contributed by atoms with van der Waals surface area (Å²) < 4.78 is 5.29. The summed E-state index contributed by atoms with van der Waals surface area (Å²) in [5, 5.41) is 7.82. The third kappa shape index (κ3) is 3.93. The van der Waals surface area contributed by atoms with Gasteiger partial charge >= 0.3 is 6.03 Å². The SMILES string of the molecule is CCS[C@H]1CCC[C@@H](NC(=O)Nc2ccc3sncc3c2)C1. The molecule has 2 amide bonds. The summed E-state index contributed by atoms with van der Waals surface area (Å²) in [5.74, 6) is 1.15. The minimum Gasteiger partial charge on any atom is -0.335 e. The summed E-state index contributed by atoms with van der Waals surface area (Å²) in [6.45, 7) is 2.20. The van der Waals surface area contributed by atoms with Crippen molar-refractivity contribution >= 4 is 45.1 Å². The molecule has 0 saturated heterocycles. The number of aromatic nitrogens is 1. The van der Waals surface area contributed by atoms with Crippen LogP contribution < -0.4 is 10.6 Å². The number of nitrogens with zero attached hydrogens (tertiary/aromatic N) is 1. The van der Waals surface area contributed by atoms with Crippen molar-refractivity contribution in [2.24, 2.45) is 0 Å². The van der Waals surface area contributed by atoms with Crippen LogP contribution in [0.3, 0.4) is 0 Å². The third-order valence-corrected chi connectivity index (χ3v) is 5.99. The van der Waals surface area contributed by atoms with Gasteiger partial charge in [-0.15, -0.1) is 0 Å². The van der Waals surface area contributed by atoms with E-state index in [2.05, 4.69) is 21.9 Å². The zero-order valence-corrected chi connectivity index (χ0v) is 14.3. The summed E-state index contributed by atoms with van der Waals surface area (Å²) in [6.07, 6.45) is 6.48. The highest BCUT2D eigenvalue weighted by Gasteiger charge is 2.23. The second-order valence-electron chi connectivity index (χ2n) is 5.62. The lowest BCUT2D eigenvalue weighted by molar-refractivity contribution is 0.244. The van der Waals surface area contributed by atoms with Crippen LogP contribution in [0.4, 0.5) is 10.5 Å². The minimum absolute atomic E-state index is 0.102. The number of nitrogens with one attached hydrogen (secondary N) is 2. The second-order valence-corrected chi connectivity index (χ2v) is 8.03. The number of hydrogen-bond donors (Lipinski definition) is 2. The molecule has 0 spiro atoms. The molecule has 6 heteroatoms. The van der Waals surface area contributed by atoms with Crippen LogP contribution in [0.25, 0.3) is 10.1 Å². The molecule has 0 radical (unpaired) electrons. The first-order valence-electron chi connectivity index (χ1n) is 7.78. The minimum atomic E-state index is -0.102. The highest BCUT2D eigenvalue weighted by Crippen LogP contribution is 2.28. The zero-order chi connectivity index (χ0) is 15.4. The molecule has 1 aliphatic rings. The van der Waals surface area contributed by atoms with Crippen molar-refractivity contribution in [3.05, 3.63) is 24.4 Å². The van der Waals surface area contributed by atoms with E-state index in [9.17, 15) is 4.79 Å². The second kappa shape index (κ2) is 7.33. The summed E-state index contributed by atoms with van der Waals surface area (Å²) in [7, 11) is 0. The Hall–Kier alpha value is -1.27. The van der Waals surface area contributed by atoms with E-state index < -0.39 is 0 Å². The van der Waals surface area contributed by atoms with Crippen molar-refractivity contribution in [3.8, 4) is 0 Å². The first-order valence-corrected chi connectivity index (χ1v) is 9.60. The van der Waals surface area contributed by atoms with E-state index in [0.717, 1.165) is 34.4 Å². The number of rotatable bonds is 4. The maximum atomic E-state index is 12.2. The van der Waals surface area contributed by atoms with E-state index in [0.29, 0.717) is 11.3 Å². The first-order chi connectivity index (χ1) is 10.7. The lowest BCUT2D eigenvalue weighted by atomic mass is 9.95. The number of carbonyl (C=O) groups is 1. The standard InChI is InChI=1S/C16H21N3OS2/c1-2-21-14-5-3-4-12(9-14)18-16(20)19-13-6-7-15-11(8-13)10-17-22-15/h6-8,10,12,14H,2-5,9H2,1H3,(H2,18,19,20)/t12-,14+/m1/s1. The Balaban J connectivity index is 1.55. The Morgan fingerprint density at radius 2 is 2.36 bits per heavy atom. The number of hydrogen-bond acceptors (Lipinski definition) is 4. The fourth-order valence-corrected chi connectivity index (χ4v) is 4.76. The number of thioether (sulfide) groups is 1. The van der Waals surface area contributed by atoms with Crippen molar-refractivity contribution in [1.29, 1.82) is 0 Å². The number of fused-ring (bicyclic) bond motifs is 1. The Morgan fingerprint density at radius 3 is 3.23 bits per heavy atom. The van der Waals surface area contributed by atoms with Gasteiger partial charge in [-0.2, -0.15) is 16.1 Å². The van der Waals surface area contributed by atoms with Gasteiger partial charge < -0.3 is 10.6 Å². The van der Waals surface area contributed by atoms with Gasteiger partial charge in [0.05, 0.1) is 4.70 Å². The summed E-state index contributed by atoms with van der Waals surface area (Å²) in [5.41, 5.74) is 0.820. The lowest BCUT2D eigenvalue weighted by Crippen LogP contribution is -2.41. The largest absolute Gasteiger partial charge is 0.335 e. The third-order valence-electron chi connectivity index (χ3n) is 3.97. The van der Waals surface area contributed by atoms with Crippen molar-refractivity contribution < 1.29 is 4.79 Å². The summed E-state index contributed by atoms with van der Waals surface area (Å²) >= 11 is 3.48. The Kier molecular flexibility index (Phi) is 5.20. The number of carbonyl (C=O) groups excluding carboxylic acids is 1. The predicted molar refractivity (Wildman–Crippen MR) is 96.0 cm³/mol. The molecule has 0 aliphatic heterocycles. The first kappa shape index (κ1) is 15.6. The van der Waals surface area contributed by atoms with E-state index in [1.165, 1.54) is 24.4 Å². The quantitative estimate of drug-likeness (QED) is 0.866. The Morgan fingerprint density at radius 1 is 1.45 bits per heavy atom. The number of amides is 2. The number of anilines is 1. The van der Waals surface area contributed by atoms with Gasteiger partial charge in [-0.25, -0.2) is 4.79 Å². The number of benzene rings is 1. The smallest absolute Gasteiger partial charge is 0.319 e. The van der Waals surface area contributed by atoms with Crippen LogP contribution in [-0.2, 0) is 0 Å². The Labute approximate surface area is 139 Å². The molecule has 1 fully saturated rings. The fraction of sp³-hybridized carbons (Fsp3) is 0.500. The maximum absolute atomic E-state index is 12.2. The number of urea groups is 1. The van der Waals surface area contributed by atoms with E-state index in [1.54, 1.807) is 0 Å². The van der Waals surface area contributed by atoms with E-state index in [4.69, 9.17) is 0 Å². The predicted octanol–water partition coefficient (Wildman–Crippen LogP) is 4.48. The van der Waals surface area contributed by atoms with Crippen molar-refractivity contribution in [1.82, 2.24) is 9.69 Å². The molecule has 2 atom stereocenters. The molecule has 1 heterocycles. The van der Waals surface area contributed by atoms with Crippen LogP contribution >= 0.6 is 23.3 Å². The molecule has 1 aliphatic carbocycles. The van der Waals surface area contributed by atoms with Gasteiger partial charge in [-0.05, 0) is 54.7 Å². The molecule has 0 unspecified atom stereocenters. The van der Waals surface area contributed by atoms with Gasteiger partial charge in [0.25, 0.3) is 0 Å². The van der Waals surface area contributed by atoms with Crippen LogP contribution in [0.15, 0.2) is 24.4 Å². The van der Waals surface area contributed by atoms with E-state index in [1.807, 2.05) is 36.2 Å². The highest BCUT2D eigenvalue weighted by atomic mass is 32.2. The van der Waals surface area contributed by atoms with Crippen molar-refractivity contribution in [2.45, 2.75) is 43.9 Å². The summed E-state index contributed by atoms with van der Waals surface area (Å²) in [6, 6.07) is 6.09. The van der Waals surface area contributed by atoms with Gasteiger partial charge in [0.2, 0.25) is 0 Å². The molecule has 22 heavy (non-hydrogen) atoms. The molecule has 0 bridgehead atoms. The zero-order valence-electron chi connectivity index (χ0n) is 12.7. The molecular weight excluding hydrogens is 314 g/mol. The van der Waals surface area contributed by atoms with Gasteiger partial charge in [-0.1, -0.05) is 13.3 Å². The molecule has 118 valence electrons. The lowest BCUT2D eigenvalue weighted by Gasteiger charge is -2.29. The van der Waals surface area contributed by atoms with E-state index in [-0.39, 0.29) is 6.03 Å². The van der Waals surface area contributed by atoms with Crippen LogP contribution in [0.2, 0.25) is 0 Å². The molecule has 1 aromatic heterocycles.